The maximum absolute atomic E-state index is 11.5. The molecule has 1 aromatic carbocycles. The summed E-state index contributed by atoms with van der Waals surface area (Å²) < 4.78 is 42.8. The van der Waals surface area contributed by atoms with Crippen LogP contribution >= 0.6 is 39.7 Å². The molecule has 0 aliphatic carbocycles. The first kappa shape index (κ1) is 24.8. The number of benzene rings is 1. The highest BCUT2D eigenvalue weighted by Crippen LogP contribution is 2.33. The maximum Gasteiger partial charge on any atom is 0.697 e. The Morgan fingerprint density at radius 1 is 0.926 bits per heavy atom. The fraction of sp³-hybridized carbons (Fsp3) is 0.625. The van der Waals surface area contributed by atoms with E-state index >= 15 is 0 Å². The Balaban J connectivity index is 2.77. The summed E-state index contributed by atoms with van der Waals surface area (Å²) in [5.41, 5.74) is -0.758. The van der Waals surface area contributed by atoms with Crippen LogP contribution in [0.2, 0.25) is 10.0 Å². The molecule has 7 nitrogen and oxygen atoms in total. The van der Waals surface area contributed by atoms with Crippen LogP contribution in [0.1, 0.15) is 32.3 Å². The molecule has 11 heteroatoms. The van der Waals surface area contributed by atoms with Crippen LogP contribution in [0.15, 0.2) is 18.2 Å². The van der Waals surface area contributed by atoms with Gasteiger partial charge in [-0.25, -0.2) is 0 Å². The third-order valence-electron chi connectivity index (χ3n) is 3.56. The zero-order valence-corrected chi connectivity index (χ0v) is 18.5. The summed E-state index contributed by atoms with van der Waals surface area (Å²) in [5.74, 6) is 0. The predicted octanol–water partition coefficient (Wildman–Crippen LogP) is 5.47. The van der Waals surface area contributed by atoms with Crippen LogP contribution in [0.5, 0.6) is 0 Å². The van der Waals surface area contributed by atoms with E-state index in [1.54, 1.807) is 32.0 Å². The molecule has 0 aliphatic rings. The average Bonchev–Trinajstić information content (AvgIpc) is 2.59. The van der Waals surface area contributed by atoms with Crippen molar-refractivity contribution in [2.45, 2.75) is 38.7 Å². The standard InChI is InChI=1S/C16H24Cl2O7P2/c1-3-22-26(20)24-10-8-16(19,9-11-25-27(21)23-4-2)12-13-14(17)6-5-7-15(13)18/h5-7,19H,3-4,8-12H2,1-2H3/q+2. The number of halogens is 2. The van der Waals surface area contributed by atoms with Crippen LogP contribution in [-0.2, 0) is 33.6 Å². The van der Waals surface area contributed by atoms with Crippen molar-refractivity contribution >= 4 is 39.7 Å². The third-order valence-corrected chi connectivity index (χ3v) is 6.00. The van der Waals surface area contributed by atoms with E-state index in [9.17, 15) is 14.2 Å². The van der Waals surface area contributed by atoms with Gasteiger partial charge >= 0.3 is 16.5 Å². The van der Waals surface area contributed by atoms with Gasteiger partial charge in [0, 0.05) is 38.4 Å². The first-order chi connectivity index (χ1) is 12.8. The Kier molecular flexibility index (Phi) is 12.1. The Morgan fingerprint density at radius 3 is 1.78 bits per heavy atom. The molecule has 0 amide bonds. The topological polar surface area (TPSA) is 91.3 Å². The summed E-state index contributed by atoms with van der Waals surface area (Å²) in [5, 5.41) is 11.9. The molecular formula is C16H24Cl2O7P2+2. The molecule has 1 aromatic rings. The highest BCUT2D eigenvalue weighted by molar-refractivity contribution is 7.33. The molecule has 0 spiro atoms. The SMILES string of the molecule is CCO[P+](=O)OCCC(O)(CCO[P+](=O)OCC)Cc1c(Cl)cccc1Cl. The Bertz CT molecular complexity index is 587. The van der Waals surface area contributed by atoms with Crippen LogP contribution < -0.4 is 0 Å². The van der Waals surface area contributed by atoms with Crippen molar-refractivity contribution in [3.05, 3.63) is 33.8 Å². The summed E-state index contributed by atoms with van der Waals surface area (Å²) >= 11 is 12.4. The van der Waals surface area contributed by atoms with E-state index in [0.29, 0.717) is 15.6 Å². The Hall–Kier alpha value is -0.200. The molecule has 2 atom stereocenters. The molecule has 0 aliphatic heterocycles. The average molecular weight is 461 g/mol. The highest BCUT2D eigenvalue weighted by atomic mass is 35.5. The van der Waals surface area contributed by atoms with Crippen LogP contribution in [0.4, 0.5) is 0 Å². The van der Waals surface area contributed by atoms with E-state index in [4.69, 9.17) is 41.3 Å². The molecule has 152 valence electrons. The second-order valence-corrected chi connectivity index (χ2v) is 8.29. The van der Waals surface area contributed by atoms with Gasteiger partial charge in [-0.2, -0.15) is 0 Å². The number of rotatable bonds is 14. The smallest absolute Gasteiger partial charge is 0.389 e. The fourth-order valence-electron chi connectivity index (χ4n) is 2.24. The van der Waals surface area contributed by atoms with Crippen LogP contribution in [0.25, 0.3) is 0 Å². The molecule has 0 saturated heterocycles. The van der Waals surface area contributed by atoms with Gasteiger partial charge in [0.05, 0.1) is 5.60 Å². The highest BCUT2D eigenvalue weighted by Gasteiger charge is 2.33. The van der Waals surface area contributed by atoms with Crippen LogP contribution in [0.3, 0.4) is 0 Å². The zero-order valence-electron chi connectivity index (χ0n) is 15.2. The lowest BCUT2D eigenvalue weighted by atomic mass is 9.88. The number of hydrogen-bond acceptors (Lipinski definition) is 7. The third kappa shape index (κ3) is 9.71. The number of aliphatic hydroxyl groups is 1. The van der Waals surface area contributed by atoms with E-state index in [2.05, 4.69) is 0 Å². The van der Waals surface area contributed by atoms with Crippen molar-refractivity contribution in [1.82, 2.24) is 0 Å². The monoisotopic (exact) mass is 460 g/mol. The molecule has 1 rings (SSSR count). The number of hydrogen-bond donors (Lipinski definition) is 1. The second kappa shape index (κ2) is 13.1. The van der Waals surface area contributed by atoms with Crippen LogP contribution in [-0.4, -0.2) is 37.1 Å². The molecule has 0 aromatic heterocycles. The molecule has 1 N–H and O–H groups in total. The minimum absolute atomic E-state index is 0.00856. The lowest BCUT2D eigenvalue weighted by Crippen LogP contribution is -2.34. The summed E-state index contributed by atoms with van der Waals surface area (Å²) in [7, 11) is -4.49. The summed E-state index contributed by atoms with van der Waals surface area (Å²) in [6, 6.07) is 5.06. The minimum atomic E-state index is -2.24. The summed E-state index contributed by atoms with van der Waals surface area (Å²) in [6.07, 6.45) is 0.365. The first-order valence-corrected chi connectivity index (χ1v) is 11.4. The van der Waals surface area contributed by atoms with E-state index < -0.39 is 22.1 Å². The van der Waals surface area contributed by atoms with Crippen molar-refractivity contribution in [1.29, 1.82) is 0 Å². The Labute approximate surface area is 171 Å². The molecule has 0 saturated carbocycles. The van der Waals surface area contributed by atoms with Gasteiger partial charge in [0.15, 0.2) is 0 Å². The minimum Gasteiger partial charge on any atom is -0.389 e. The van der Waals surface area contributed by atoms with Crippen molar-refractivity contribution < 1.29 is 32.3 Å². The van der Waals surface area contributed by atoms with Crippen molar-refractivity contribution in [3.8, 4) is 0 Å². The molecule has 0 radical (unpaired) electrons. The molecule has 0 heterocycles. The van der Waals surface area contributed by atoms with E-state index in [-0.39, 0.29) is 45.7 Å². The summed E-state index contributed by atoms with van der Waals surface area (Å²) in [6.45, 7) is 3.89. The molecule has 27 heavy (non-hydrogen) atoms. The maximum atomic E-state index is 11.5. The van der Waals surface area contributed by atoms with Gasteiger partial charge in [0.1, 0.15) is 26.4 Å². The van der Waals surface area contributed by atoms with Crippen LogP contribution in [0, 0.1) is 0 Å². The van der Waals surface area contributed by atoms with E-state index in [1.165, 1.54) is 0 Å². The Morgan fingerprint density at radius 2 is 1.37 bits per heavy atom. The van der Waals surface area contributed by atoms with Crippen molar-refractivity contribution in [2.24, 2.45) is 0 Å². The van der Waals surface area contributed by atoms with Gasteiger partial charge in [-0.3, -0.25) is 0 Å². The summed E-state index contributed by atoms with van der Waals surface area (Å²) in [4.78, 5) is 0. The van der Waals surface area contributed by atoms with E-state index in [1.807, 2.05) is 0 Å². The lowest BCUT2D eigenvalue weighted by molar-refractivity contribution is -0.000505. The molecule has 0 fully saturated rings. The normalized spacial score (nSPS) is 14.7. The fourth-order valence-corrected chi connectivity index (χ4v) is 3.82. The van der Waals surface area contributed by atoms with Gasteiger partial charge in [0.2, 0.25) is 0 Å². The lowest BCUT2D eigenvalue weighted by Gasteiger charge is -2.27. The van der Waals surface area contributed by atoms with Crippen molar-refractivity contribution in [3.63, 3.8) is 0 Å². The molecule has 2 unspecified atom stereocenters. The van der Waals surface area contributed by atoms with Gasteiger partial charge in [-0.05, 0) is 31.5 Å². The molecular weight excluding hydrogens is 437 g/mol. The van der Waals surface area contributed by atoms with Gasteiger partial charge in [0.25, 0.3) is 0 Å². The zero-order chi connectivity index (χ0) is 20.3. The predicted molar refractivity (Wildman–Crippen MR) is 105 cm³/mol. The largest absolute Gasteiger partial charge is 0.697 e. The quantitative estimate of drug-likeness (QED) is 0.368. The molecule has 0 bridgehead atoms. The van der Waals surface area contributed by atoms with Gasteiger partial charge < -0.3 is 5.11 Å². The first-order valence-electron chi connectivity index (χ1n) is 8.42. The van der Waals surface area contributed by atoms with Crippen molar-refractivity contribution in [2.75, 3.05) is 26.4 Å². The van der Waals surface area contributed by atoms with Gasteiger partial charge in [-0.1, -0.05) is 29.3 Å². The second-order valence-electron chi connectivity index (χ2n) is 5.55. The van der Waals surface area contributed by atoms with E-state index in [0.717, 1.165) is 0 Å². The van der Waals surface area contributed by atoms with Gasteiger partial charge in [-0.15, -0.1) is 18.1 Å².